The van der Waals surface area contributed by atoms with E-state index in [2.05, 4.69) is 0 Å². The van der Waals surface area contributed by atoms with Gasteiger partial charge in [0.25, 0.3) is 5.69 Å². The summed E-state index contributed by atoms with van der Waals surface area (Å²) in [6.07, 6.45) is 1.41. The SMILES string of the molecule is N#C/C(=C\c1ccc(-c2ccc([N+](=O)[O-])cc2Cl)o1)C(N)=S. The quantitative estimate of drug-likeness (QED) is 0.300. The van der Waals surface area contributed by atoms with E-state index in [4.69, 9.17) is 39.2 Å². The van der Waals surface area contributed by atoms with E-state index in [1.807, 2.05) is 6.07 Å². The van der Waals surface area contributed by atoms with Crippen molar-refractivity contribution < 1.29 is 9.34 Å². The van der Waals surface area contributed by atoms with E-state index in [1.165, 1.54) is 24.3 Å². The number of furan rings is 1. The van der Waals surface area contributed by atoms with Crippen LogP contribution in [0.1, 0.15) is 5.76 Å². The van der Waals surface area contributed by atoms with Crippen molar-refractivity contribution in [3.8, 4) is 17.4 Å². The van der Waals surface area contributed by atoms with Gasteiger partial charge >= 0.3 is 0 Å². The zero-order valence-electron chi connectivity index (χ0n) is 10.9. The highest BCUT2D eigenvalue weighted by molar-refractivity contribution is 7.80. The zero-order chi connectivity index (χ0) is 16.3. The number of benzene rings is 1. The van der Waals surface area contributed by atoms with Crippen molar-refractivity contribution in [2.45, 2.75) is 0 Å². The molecule has 8 heteroatoms. The number of nitriles is 1. The molecule has 0 bridgehead atoms. The van der Waals surface area contributed by atoms with Crippen LogP contribution in [-0.2, 0) is 0 Å². The third-order valence-corrected chi connectivity index (χ3v) is 3.26. The van der Waals surface area contributed by atoms with Crippen molar-refractivity contribution in [1.29, 1.82) is 5.26 Å². The van der Waals surface area contributed by atoms with E-state index < -0.39 is 4.92 Å². The molecule has 1 heterocycles. The minimum atomic E-state index is -0.534. The van der Waals surface area contributed by atoms with Crippen LogP contribution in [0, 0.1) is 21.4 Å². The molecule has 110 valence electrons. The van der Waals surface area contributed by atoms with Crippen LogP contribution in [0.15, 0.2) is 40.3 Å². The summed E-state index contributed by atoms with van der Waals surface area (Å²) in [6.45, 7) is 0. The maximum absolute atomic E-state index is 10.7. The predicted octanol–water partition coefficient (Wildman–Crippen LogP) is 3.70. The molecule has 2 aromatic rings. The molecule has 2 rings (SSSR count). The average Bonchev–Trinajstić information content (AvgIpc) is 2.92. The first kappa shape index (κ1) is 15.7. The van der Waals surface area contributed by atoms with E-state index in [0.717, 1.165) is 0 Å². The molecule has 0 spiro atoms. The number of nitrogens with zero attached hydrogens (tertiary/aromatic N) is 2. The number of rotatable bonds is 4. The smallest absolute Gasteiger partial charge is 0.270 e. The molecule has 1 aromatic carbocycles. The zero-order valence-corrected chi connectivity index (χ0v) is 12.5. The van der Waals surface area contributed by atoms with Crippen LogP contribution < -0.4 is 5.73 Å². The summed E-state index contributed by atoms with van der Waals surface area (Å²) in [7, 11) is 0. The minimum absolute atomic E-state index is 0.0335. The summed E-state index contributed by atoms with van der Waals surface area (Å²) in [5, 5.41) is 19.8. The number of non-ortho nitro benzene ring substituents is 1. The van der Waals surface area contributed by atoms with Gasteiger partial charge in [-0.2, -0.15) is 5.26 Å². The van der Waals surface area contributed by atoms with Gasteiger partial charge in [0.1, 0.15) is 22.6 Å². The highest BCUT2D eigenvalue weighted by atomic mass is 35.5. The summed E-state index contributed by atoms with van der Waals surface area (Å²) >= 11 is 10.8. The molecule has 0 amide bonds. The van der Waals surface area contributed by atoms with Crippen molar-refractivity contribution in [2.75, 3.05) is 0 Å². The molecule has 6 nitrogen and oxygen atoms in total. The van der Waals surface area contributed by atoms with Crippen LogP contribution in [0.4, 0.5) is 5.69 Å². The Morgan fingerprint density at radius 2 is 2.18 bits per heavy atom. The Bertz CT molecular complexity index is 836. The monoisotopic (exact) mass is 333 g/mol. The molecule has 0 unspecified atom stereocenters. The fourth-order valence-corrected chi connectivity index (χ4v) is 2.07. The molecule has 0 fully saturated rings. The summed E-state index contributed by atoms with van der Waals surface area (Å²) < 4.78 is 5.54. The van der Waals surface area contributed by atoms with Crippen molar-refractivity contribution in [3.05, 3.63) is 56.8 Å². The van der Waals surface area contributed by atoms with Crippen molar-refractivity contribution in [1.82, 2.24) is 0 Å². The van der Waals surface area contributed by atoms with Gasteiger partial charge in [0.05, 0.1) is 15.5 Å². The minimum Gasteiger partial charge on any atom is -0.457 e. The fourth-order valence-electron chi connectivity index (χ4n) is 1.69. The summed E-state index contributed by atoms with van der Waals surface area (Å²) in [6, 6.07) is 9.17. The number of nitro groups is 1. The highest BCUT2D eigenvalue weighted by Crippen LogP contribution is 2.32. The maximum Gasteiger partial charge on any atom is 0.270 e. The second kappa shape index (κ2) is 6.39. The molecule has 0 atom stereocenters. The first-order valence-corrected chi connectivity index (χ1v) is 6.66. The Labute approximate surface area is 135 Å². The Hall–Kier alpha value is -2.69. The first-order valence-electron chi connectivity index (χ1n) is 5.88. The molecular formula is C14H8ClN3O3S. The second-order valence-corrected chi connectivity index (χ2v) is 5.00. The van der Waals surface area contributed by atoms with E-state index in [0.29, 0.717) is 17.1 Å². The van der Waals surface area contributed by atoms with Crippen LogP contribution >= 0.6 is 23.8 Å². The van der Waals surface area contributed by atoms with Crippen LogP contribution in [0.3, 0.4) is 0 Å². The lowest BCUT2D eigenvalue weighted by Gasteiger charge is -2.00. The van der Waals surface area contributed by atoms with Gasteiger partial charge in [-0.3, -0.25) is 10.1 Å². The molecule has 0 saturated carbocycles. The molecule has 1 aromatic heterocycles. The molecule has 2 N–H and O–H groups in total. The first-order chi connectivity index (χ1) is 10.4. The Morgan fingerprint density at radius 1 is 1.45 bits per heavy atom. The summed E-state index contributed by atoms with van der Waals surface area (Å²) in [4.78, 5) is 10.1. The Morgan fingerprint density at radius 3 is 2.73 bits per heavy atom. The van der Waals surface area contributed by atoms with Crippen molar-refractivity contribution in [3.63, 3.8) is 0 Å². The third kappa shape index (κ3) is 3.31. The number of nitro benzene ring substituents is 1. The number of halogens is 1. The predicted molar refractivity (Wildman–Crippen MR) is 86.2 cm³/mol. The number of hydrogen-bond donors (Lipinski definition) is 1. The molecule has 0 aliphatic heterocycles. The van der Waals surface area contributed by atoms with E-state index in [-0.39, 0.29) is 21.3 Å². The van der Waals surface area contributed by atoms with E-state index >= 15 is 0 Å². The molecule has 0 aliphatic rings. The van der Waals surface area contributed by atoms with Gasteiger partial charge in [-0.05, 0) is 18.2 Å². The van der Waals surface area contributed by atoms with Crippen LogP contribution in [-0.4, -0.2) is 9.91 Å². The molecule has 0 aliphatic carbocycles. The van der Waals surface area contributed by atoms with Gasteiger partial charge in [-0.15, -0.1) is 0 Å². The van der Waals surface area contributed by atoms with Gasteiger partial charge in [-0.25, -0.2) is 0 Å². The topological polar surface area (TPSA) is 106 Å². The number of hydrogen-bond acceptors (Lipinski definition) is 5. The standard InChI is InChI=1S/C14H8ClN3O3S/c15-12-6-9(18(19)20)1-3-11(12)13-4-2-10(21-13)5-8(7-16)14(17)22/h1-6H,(H2,17,22)/b8-5+. The largest absolute Gasteiger partial charge is 0.457 e. The van der Waals surface area contributed by atoms with E-state index in [9.17, 15) is 10.1 Å². The molecular weight excluding hydrogens is 326 g/mol. The number of thiocarbonyl (C=S) groups is 1. The van der Waals surface area contributed by atoms with Crippen LogP contribution in [0.25, 0.3) is 17.4 Å². The van der Waals surface area contributed by atoms with Gasteiger partial charge in [0.15, 0.2) is 0 Å². The van der Waals surface area contributed by atoms with Crippen molar-refractivity contribution >= 4 is 40.6 Å². The number of nitrogens with two attached hydrogens (primary N) is 1. The van der Waals surface area contributed by atoms with Gasteiger partial charge in [0.2, 0.25) is 0 Å². The third-order valence-electron chi connectivity index (χ3n) is 2.73. The van der Waals surface area contributed by atoms with Crippen LogP contribution in [0.2, 0.25) is 5.02 Å². The molecule has 22 heavy (non-hydrogen) atoms. The molecule has 0 saturated heterocycles. The maximum atomic E-state index is 10.7. The van der Waals surface area contributed by atoms with Gasteiger partial charge in [0, 0.05) is 23.8 Å². The summed E-state index contributed by atoms with van der Waals surface area (Å²) in [5.41, 5.74) is 5.90. The lowest BCUT2D eigenvalue weighted by molar-refractivity contribution is -0.384. The molecule has 0 radical (unpaired) electrons. The highest BCUT2D eigenvalue weighted by Gasteiger charge is 2.13. The fraction of sp³-hybridized carbons (Fsp3) is 0. The van der Waals surface area contributed by atoms with Gasteiger partial charge < -0.3 is 10.2 Å². The van der Waals surface area contributed by atoms with Crippen molar-refractivity contribution in [2.24, 2.45) is 5.73 Å². The second-order valence-electron chi connectivity index (χ2n) is 4.16. The Kier molecular flexibility index (Phi) is 4.56. The lowest BCUT2D eigenvalue weighted by atomic mass is 10.1. The van der Waals surface area contributed by atoms with Crippen LogP contribution in [0.5, 0.6) is 0 Å². The summed E-state index contributed by atoms with van der Waals surface area (Å²) in [5.74, 6) is 0.778. The normalized spacial score (nSPS) is 11.0. The average molecular weight is 334 g/mol. The Balaban J connectivity index is 2.39. The van der Waals surface area contributed by atoms with Gasteiger partial charge in [-0.1, -0.05) is 23.8 Å². The van der Waals surface area contributed by atoms with E-state index in [1.54, 1.807) is 12.1 Å². The lowest BCUT2D eigenvalue weighted by Crippen LogP contribution is -2.09.